The molecule has 0 aromatic carbocycles. The third-order valence-electron chi connectivity index (χ3n) is 1.79. The Hall–Kier alpha value is -0.610. The molecule has 78 valence electrons. The number of nitrogens with two attached hydrogens (primary N) is 1. The van der Waals surface area contributed by atoms with E-state index in [0.717, 1.165) is 6.54 Å². The van der Waals surface area contributed by atoms with Gasteiger partial charge in [-0.3, -0.25) is 4.79 Å². The van der Waals surface area contributed by atoms with Crippen molar-refractivity contribution in [2.24, 2.45) is 5.73 Å². The van der Waals surface area contributed by atoms with Gasteiger partial charge >= 0.3 is 0 Å². The summed E-state index contributed by atoms with van der Waals surface area (Å²) >= 11 is 0. The molecular formula is C9H20N2O2. The molecule has 0 saturated heterocycles. The van der Waals surface area contributed by atoms with E-state index in [1.807, 2.05) is 20.8 Å². The van der Waals surface area contributed by atoms with Crippen molar-refractivity contribution in [3.63, 3.8) is 0 Å². The fourth-order valence-corrected chi connectivity index (χ4v) is 1.30. The lowest BCUT2D eigenvalue weighted by Gasteiger charge is -2.28. The normalized spacial score (nSPS) is 15.3. The van der Waals surface area contributed by atoms with Crippen LogP contribution in [0.2, 0.25) is 0 Å². The van der Waals surface area contributed by atoms with Gasteiger partial charge in [-0.15, -0.1) is 0 Å². The first-order chi connectivity index (χ1) is 6.04. The average molecular weight is 188 g/mol. The molecule has 13 heavy (non-hydrogen) atoms. The van der Waals surface area contributed by atoms with Gasteiger partial charge in [0.2, 0.25) is 5.91 Å². The Morgan fingerprint density at radius 3 is 2.54 bits per heavy atom. The van der Waals surface area contributed by atoms with Crippen LogP contribution in [-0.2, 0) is 9.53 Å². The van der Waals surface area contributed by atoms with Gasteiger partial charge in [-0.1, -0.05) is 6.92 Å². The Bertz CT molecular complexity index is 162. The molecular weight excluding hydrogens is 168 g/mol. The summed E-state index contributed by atoms with van der Waals surface area (Å²) in [5, 5.41) is 3.20. The van der Waals surface area contributed by atoms with Crippen LogP contribution in [0.25, 0.3) is 0 Å². The van der Waals surface area contributed by atoms with Crippen LogP contribution in [0.4, 0.5) is 0 Å². The molecule has 4 heteroatoms. The molecule has 0 fully saturated rings. The van der Waals surface area contributed by atoms with E-state index in [4.69, 9.17) is 10.5 Å². The van der Waals surface area contributed by atoms with Crippen LogP contribution in [-0.4, -0.2) is 31.2 Å². The predicted octanol–water partition coefficient (Wildman–Crippen LogP) is 0.267. The van der Waals surface area contributed by atoms with Crippen molar-refractivity contribution in [3.05, 3.63) is 0 Å². The number of likely N-dealkylation sites (N-methyl/N-ethyl adjacent to an activating group) is 1. The molecule has 3 N–H and O–H groups in total. The highest BCUT2D eigenvalue weighted by Gasteiger charge is 2.25. The Labute approximate surface area is 79.8 Å². The summed E-state index contributed by atoms with van der Waals surface area (Å²) < 4.78 is 5.28. The standard InChI is InChI=1S/C9H20N2O2/c1-4-11-9(3,6-8(10)12)7-13-5-2/h11H,4-7H2,1-3H3,(H2,10,12). The summed E-state index contributed by atoms with van der Waals surface area (Å²) in [6.45, 7) is 7.83. The molecule has 0 aromatic rings. The van der Waals surface area contributed by atoms with Crippen molar-refractivity contribution in [2.45, 2.75) is 32.7 Å². The Morgan fingerprint density at radius 1 is 1.54 bits per heavy atom. The maximum atomic E-state index is 10.8. The number of ether oxygens (including phenoxy) is 1. The van der Waals surface area contributed by atoms with Gasteiger partial charge in [-0.25, -0.2) is 0 Å². The molecule has 0 saturated carbocycles. The highest BCUT2D eigenvalue weighted by molar-refractivity contribution is 5.75. The second-order valence-corrected chi connectivity index (χ2v) is 3.37. The second kappa shape index (κ2) is 5.94. The molecule has 0 heterocycles. The van der Waals surface area contributed by atoms with E-state index in [-0.39, 0.29) is 11.4 Å². The zero-order valence-corrected chi connectivity index (χ0v) is 8.72. The Kier molecular flexibility index (Phi) is 5.66. The molecule has 1 amide bonds. The summed E-state index contributed by atoms with van der Waals surface area (Å²) in [6, 6.07) is 0. The van der Waals surface area contributed by atoms with Crippen molar-refractivity contribution >= 4 is 5.91 Å². The van der Waals surface area contributed by atoms with Crippen molar-refractivity contribution < 1.29 is 9.53 Å². The van der Waals surface area contributed by atoms with E-state index in [1.165, 1.54) is 0 Å². The van der Waals surface area contributed by atoms with Crippen LogP contribution in [0.5, 0.6) is 0 Å². The summed E-state index contributed by atoms with van der Waals surface area (Å²) in [6.07, 6.45) is 0.306. The van der Waals surface area contributed by atoms with Crippen LogP contribution in [0.1, 0.15) is 27.2 Å². The van der Waals surface area contributed by atoms with Crippen LogP contribution in [0, 0.1) is 0 Å². The van der Waals surface area contributed by atoms with Gasteiger partial charge in [0.05, 0.1) is 6.61 Å². The van der Waals surface area contributed by atoms with Crippen molar-refractivity contribution in [1.29, 1.82) is 0 Å². The number of rotatable bonds is 7. The third kappa shape index (κ3) is 5.60. The summed E-state index contributed by atoms with van der Waals surface area (Å²) in [7, 11) is 0. The summed E-state index contributed by atoms with van der Waals surface area (Å²) in [4.78, 5) is 10.8. The minimum atomic E-state index is -0.323. The fourth-order valence-electron chi connectivity index (χ4n) is 1.30. The van der Waals surface area contributed by atoms with E-state index >= 15 is 0 Å². The molecule has 1 unspecified atom stereocenters. The first kappa shape index (κ1) is 12.4. The lowest BCUT2D eigenvalue weighted by atomic mass is 9.98. The third-order valence-corrected chi connectivity index (χ3v) is 1.79. The van der Waals surface area contributed by atoms with Gasteiger partial charge in [-0.2, -0.15) is 0 Å². The van der Waals surface area contributed by atoms with Gasteiger partial charge < -0.3 is 15.8 Å². The minimum absolute atomic E-state index is 0.303. The van der Waals surface area contributed by atoms with Crippen LogP contribution in [0.3, 0.4) is 0 Å². The van der Waals surface area contributed by atoms with E-state index < -0.39 is 0 Å². The van der Waals surface area contributed by atoms with Gasteiger partial charge in [0.15, 0.2) is 0 Å². The smallest absolute Gasteiger partial charge is 0.219 e. The van der Waals surface area contributed by atoms with Gasteiger partial charge in [-0.05, 0) is 20.4 Å². The Morgan fingerprint density at radius 2 is 2.15 bits per heavy atom. The van der Waals surface area contributed by atoms with Crippen LogP contribution < -0.4 is 11.1 Å². The number of carbonyl (C=O) groups excluding carboxylic acids is 1. The van der Waals surface area contributed by atoms with Gasteiger partial charge in [0.25, 0.3) is 0 Å². The first-order valence-corrected chi connectivity index (χ1v) is 4.65. The van der Waals surface area contributed by atoms with Crippen molar-refractivity contribution in [2.75, 3.05) is 19.8 Å². The predicted molar refractivity (Wildman–Crippen MR) is 52.4 cm³/mol. The molecule has 1 atom stereocenters. The zero-order valence-electron chi connectivity index (χ0n) is 8.72. The van der Waals surface area contributed by atoms with E-state index in [9.17, 15) is 4.79 Å². The zero-order chi connectivity index (χ0) is 10.3. The molecule has 4 nitrogen and oxygen atoms in total. The maximum Gasteiger partial charge on any atom is 0.219 e. The number of amides is 1. The molecule has 0 aliphatic heterocycles. The monoisotopic (exact) mass is 188 g/mol. The van der Waals surface area contributed by atoms with Crippen molar-refractivity contribution in [1.82, 2.24) is 5.32 Å². The largest absolute Gasteiger partial charge is 0.380 e. The molecule has 0 aliphatic rings. The Balaban J connectivity index is 4.06. The van der Waals surface area contributed by atoms with Crippen molar-refractivity contribution in [3.8, 4) is 0 Å². The SMILES string of the molecule is CCNC(C)(COCC)CC(N)=O. The van der Waals surface area contributed by atoms with Gasteiger partial charge in [0.1, 0.15) is 0 Å². The highest BCUT2D eigenvalue weighted by atomic mass is 16.5. The second-order valence-electron chi connectivity index (χ2n) is 3.37. The average Bonchev–Trinajstić information content (AvgIpc) is 2.00. The minimum Gasteiger partial charge on any atom is -0.380 e. The number of primary amides is 1. The number of hydrogen-bond donors (Lipinski definition) is 2. The first-order valence-electron chi connectivity index (χ1n) is 4.65. The van der Waals surface area contributed by atoms with E-state index in [1.54, 1.807) is 0 Å². The fraction of sp³-hybridized carbons (Fsp3) is 0.889. The topological polar surface area (TPSA) is 64.3 Å². The summed E-state index contributed by atoms with van der Waals surface area (Å²) in [5.41, 5.74) is 4.82. The maximum absolute atomic E-state index is 10.8. The summed E-state index contributed by atoms with van der Waals surface area (Å²) in [5.74, 6) is -0.303. The molecule has 0 rings (SSSR count). The molecule has 0 aliphatic carbocycles. The molecule has 0 bridgehead atoms. The van der Waals surface area contributed by atoms with E-state index in [0.29, 0.717) is 19.6 Å². The lowest BCUT2D eigenvalue weighted by molar-refractivity contribution is -0.120. The van der Waals surface area contributed by atoms with E-state index in [2.05, 4.69) is 5.32 Å². The quantitative estimate of drug-likeness (QED) is 0.602. The van der Waals surface area contributed by atoms with Crippen LogP contribution >= 0.6 is 0 Å². The highest BCUT2D eigenvalue weighted by Crippen LogP contribution is 2.09. The van der Waals surface area contributed by atoms with Gasteiger partial charge in [0, 0.05) is 18.6 Å². The number of nitrogens with one attached hydrogen (secondary N) is 1. The molecule has 0 spiro atoms. The lowest BCUT2D eigenvalue weighted by Crippen LogP contribution is -2.49. The molecule has 0 radical (unpaired) electrons. The molecule has 0 aromatic heterocycles. The number of carbonyl (C=O) groups is 1. The number of hydrogen-bond acceptors (Lipinski definition) is 3. The van der Waals surface area contributed by atoms with Crippen LogP contribution in [0.15, 0.2) is 0 Å².